The molecule has 6 heteroatoms. The van der Waals surface area contributed by atoms with E-state index in [-0.39, 0.29) is 0 Å². The van der Waals surface area contributed by atoms with Crippen molar-refractivity contribution in [3.8, 4) is 21.0 Å². The molecule has 0 radical (unpaired) electrons. The first-order valence-corrected chi connectivity index (χ1v) is 8.53. The van der Waals surface area contributed by atoms with Crippen molar-refractivity contribution < 1.29 is 4.74 Å². The van der Waals surface area contributed by atoms with Gasteiger partial charge in [0.1, 0.15) is 5.69 Å². The zero-order chi connectivity index (χ0) is 15.6. The first-order valence-electron chi connectivity index (χ1n) is 7.72. The van der Waals surface area contributed by atoms with Crippen molar-refractivity contribution in [1.29, 1.82) is 0 Å². The van der Waals surface area contributed by atoms with Crippen LogP contribution >= 0.6 is 11.3 Å². The lowest BCUT2D eigenvalue weighted by Crippen LogP contribution is -2.36. The summed E-state index contributed by atoms with van der Waals surface area (Å²) < 4.78 is 5.41. The molecule has 0 bridgehead atoms. The normalized spacial score (nSPS) is 15.1. The SMILES string of the molecule is Cc1n[nH]nc1-c1ccc(-c2ccc(N3CCOCC3)cc2)s1. The molecule has 3 aromatic rings. The van der Waals surface area contributed by atoms with Crippen LogP contribution in [0.25, 0.3) is 21.0 Å². The Bertz CT molecular complexity index is 787. The van der Waals surface area contributed by atoms with Gasteiger partial charge in [0.05, 0.1) is 23.8 Å². The van der Waals surface area contributed by atoms with Gasteiger partial charge < -0.3 is 9.64 Å². The summed E-state index contributed by atoms with van der Waals surface area (Å²) in [6.07, 6.45) is 0. The molecule has 0 spiro atoms. The Balaban J connectivity index is 1.56. The molecule has 3 heterocycles. The van der Waals surface area contributed by atoms with Crippen molar-refractivity contribution in [1.82, 2.24) is 15.4 Å². The van der Waals surface area contributed by atoms with E-state index in [0.717, 1.165) is 42.6 Å². The van der Waals surface area contributed by atoms with E-state index in [0.29, 0.717) is 0 Å². The third kappa shape index (κ3) is 2.87. The number of H-pyrrole nitrogens is 1. The molecule has 4 rings (SSSR count). The third-order valence-electron chi connectivity index (χ3n) is 4.09. The molecule has 1 saturated heterocycles. The zero-order valence-corrected chi connectivity index (χ0v) is 13.8. The lowest BCUT2D eigenvalue weighted by atomic mass is 10.1. The lowest BCUT2D eigenvalue weighted by molar-refractivity contribution is 0.122. The summed E-state index contributed by atoms with van der Waals surface area (Å²) in [5.74, 6) is 0. The number of anilines is 1. The summed E-state index contributed by atoms with van der Waals surface area (Å²) in [6, 6.07) is 13.0. The molecule has 23 heavy (non-hydrogen) atoms. The number of aromatic nitrogens is 3. The predicted molar refractivity (Wildman–Crippen MR) is 92.9 cm³/mol. The average molecular weight is 326 g/mol. The molecular formula is C17H18N4OS. The van der Waals surface area contributed by atoms with Crippen molar-refractivity contribution >= 4 is 17.0 Å². The van der Waals surface area contributed by atoms with Crippen LogP contribution in [0.15, 0.2) is 36.4 Å². The summed E-state index contributed by atoms with van der Waals surface area (Å²) >= 11 is 1.74. The summed E-state index contributed by atoms with van der Waals surface area (Å²) in [5.41, 5.74) is 4.37. The van der Waals surface area contributed by atoms with Gasteiger partial charge in [0.25, 0.3) is 0 Å². The van der Waals surface area contributed by atoms with Crippen molar-refractivity contribution in [3.63, 3.8) is 0 Å². The van der Waals surface area contributed by atoms with E-state index < -0.39 is 0 Å². The molecule has 1 aliphatic heterocycles. The molecule has 5 nitrogen and oxygen atoms in total. The number of rotatable bonds is 3. The van der Waals surface area contributed by atoms with Crippen LogP contribution in [0.3, 0.4) is 0 Å². The van der Waals surface area contributed by atoms with Crippen LogP contribution in [-0.2, 0) is 4.74 Å². The van der Waals surface area contributed by atoms with Crippen molar-refractivity contribution in [2.75, 3.05) is 31.2 Å². The highest BCUT2D eigenvalue weighted by molar-refractivity contribution is 7.18. The van der Waals surface area contributed by atoms with Crippen LogP contribution in [0.4, 0.5) is 5.69 Å². The number of nitrogens with zero attached hydrogens (tertiary/aromatic N) is 3. The molecule has 2 aromatic heterocycles. The Morgan fingerprint density at radius 3 is 2.43 bits per heavy atom. The zero-order valence-electron chi connectivity index (χ0n) is 13.0. The molecule has 118 valence electrons. The monoisotopic (exact) mass is 326 g/mol. The van der Waals surface area contributed by atoms with Crippen LogP contribution in [0.2, 0.25) is 0 Å². The van der Waals surface area contributed by atoms with Gasteiger partial charge in [-0.1, -0.05) is 12.1 Å². The summed E-state index contributed by atoms with van der Waals surface area (Å²) in [4.78, 5) is 4.76. The van der Waals surface area contributed by atoms with Crippen LogP contribution in [0.5, 0.6) is 0 Å². The van der Waals surface area contributed by atoms with E-state index in [1.54, 1.807) is 11.3 Å². The molecule has 0 amide bonds. The Hall–Kier alpha value is -2.18. The van der Waals surface area contributed by atoms with Gasteiger partial charge in [-0.25, -0.2) is 0 Å². The highest BCUT2D eigenvalue weighted by Gasteiger charge is 2.13. The molecule has 0 aliphatic carbocycles. The van der Waals surface area contributed by atoms with Crippen LogP contribution in [-0.4, -0.2) is 41.7 Å². The number of nitrogens with one attached hydrogen (secondary N) is 1. The molecule has 0 atom stereocenters. The fourth-order valence-electron chi connectivity index (χ4n) is 2.80. The van der Waals surface area contributed by atoms with Crippen molar-refractivity contribution in [3.05, 3.63) is 42.1 Å². The van der Waals surface area contributed by atoms with Gasteiger partial charge in [-0.2, -0.15) is 15.4 Å². The maximum Gasteiger partial charge on any atom is 0.125 e. The summed E-state index contributed by atoms with van der Waals surface area (Å²) in [6.45, 7) is 5.53. The van der Waals surface area contributed by atoms with Crippen LogP contribution in [0.1, 0.15) is 5.69 Å². The van der Waals surface area contributed by atoms with Gasteiger partial charge in [0, 0.05) is 23.7 Å². The second-order valence-corrected chi connectivity index (χ2v) is 6.65. The molecule has 1 fully saturated rings. The Morgan fingerprint density at radius 1 is 1.00 bits per heavy atom. The maximum atomic E-state index is 5.41. The fourth-order valence-corrected chi connectivity index (χ4v) is 3.85. The number of ether oxygens (including phenoxy) is 1. The molecule has 1 N–H and O–H groups in total. The number of benzene rings is 1. The van der Waals surface area contributed by atoms with Gasteiger partial charge in [-0.05, 0) is 36.8 Å². The quantitative estimate of drug-likeness (QED) is 0.802. The van der Waals surface area contributed by atoms with E-state index in [4.69, 9.17) is 4.74 Å². The van der Waals surface area contributed by atoms with Crippen LogP contribution in [0, 0.1) is 6.92 Å². The molecular weight excluding hydrogens is 308 g/mol. The third-order valence-corrected chi connectivity index (χ3v) is 5.23. The summed E-state index contributed by atoms with van der Waals surface area (Å²) in [5, 5.41) is 11.0. The molecule has 1 aliphatic rings. The molecule has 0 saturated carbocycles. The smallest absolute Gasteiger partial charge is 0.125 e. The van der Waals surface area contributed by atoms with Gasteiger partial charge in [0.15, 0.2) is 0 Å². The van der Waals surface area contributed by atoms with E-state index in [2.05, 4.69) is 56.7 Å². The van der Waals surface area contributed by atoms with E-state index in [9.17, 15) is 0 Å². The second kappa shape index (κ2) is 6.14. The average Bonchev–Trinajstić information content (AvgIpc) is 3.24. The maximum absolute atomic E-state index is 5.41. The minimum Gasteiger partial charge on any atom is -0.378 e. The second-order valence-electron chi connectivity index (χ2n) is 5.57. The number of hydrogen-bond acceptors (Lipinski definition) is 5. The van der Waals surface area contributed by atoms with E-state index >= 15 is 0 Å². The predicted octanol–water partition coefficient (Wildman–Crippen LogP) is 3.35. The van der Waals surface area contributed by atoms with Gasteiger partial charge in [0.2, 0.25) is 0 Å². The Labute approximate surface area is 138 Å². The first kappa shape index (κ1) is 14.4. The topological polar surface area (TPSA) is 54.0 Å². The first-order chi connectivity index (χ1) is 11.3. The van der Waals surface area contributed by atoms with Gasteiger partial charge >= 0.3 is 0 Å². The van der Waals surface area contributed by atoms with Crippen molar-refractivity contribution in [2.24, 2.45) is 0 Å². The van der Waals surface area contributed by atoms with E-state index in [1.807, 2.05) is 6.92 Å². The standard InChI is InChI=1S/C17H18N4OS/c1-12-17(19-20-18-12)16-7-6-15(23-16)13-2-4-14(5-3-13)21-8-10-22-11-9-21/h2-7H,8-11H2,1H3,(H,18,19,20). The highest BCUT2D eigenvalue weighted by Crippen LogP contribution is 2.35. The van der Waals surface area contributed by atoms with Gasteiger partial charge in [-0.3, -0.25) is 0 Å². The number of thiophene rings is 1. The minimum absolute atomic E-state index is 0.813. The molecule has 0 unspecified atom stereocenters. The number of aryl methyl sites for hydroxylation is 1. The van der Waals surface area contributed by atoms with Gasteiger partial charge in [-0.15, -0.1) is 11.3 Å². The van der Waals surface area contributed by atoms with E-state index in [1.165, 1.54) is 16.1 Å². The highest BCUT2D eigenvalue weighted by atomic mass is 32.1. The fraction of sp³-hybridized carbons (Fsp3) is 0.294. The number of aromatic amines is 1. The number of morpholine rings is 1. The summed E-state index contributed by atoms with van der Waals surface area (Å²) in [7, 11) is 0. The molecule has 1 aromatic carbocycles. The van der Waals surface area contributed by atoms with Crippen molar-refractivity contribution in [2.45, 2.75) is 6.92 Å². The Kier molecular flexibility index (Phi) is 3.85. The number of hydrogen-bond donors (Lipinski definition) is 1. The minimum atomic E-state index is 0.813. The Morgan fingerprint density at radius 2 is 1.74 bits per heavy atom. The lowest BCUT2D eigenvalue weighted by Gasteiger charge is -2.28. The van der Waals surface area contributed by atoms with Crippen LogP contribution < -0.4 is 4.90 Å². The largest absolute Gasteiger partial charge is 0.378 e.